The number of para-hydroxylation sites is 1. The molecule has 1 saturated heterocycles. The van der Waals surface area contributed by atoms with Crippen LogP contribution in [-0.2, 0) is 4.79 Å². The molecule has 0 saturated carbocycles. The van der Waals surface area contributed by atoms with Crippen molar-refractivity contribution in [3.63, 3.8) is 0 Å². The lowest BCUT2D eigenvalue weighted by Crippen LogP contribution is -2.49. The first-order valence-corrected chi connectivity index (χ1v) is 8.32. The number of carbonyl (C=O) groups excluding carboxylic acids is 1. The van der Waals surface area contributed by atoms with Crippen molar-refractivity contribution in [1.82, 2.24) is 10.2 Å². The number of amides is 1. The summed E-state index contributed by atoms with van der Waals surface area (Å²) in [6, 6.07) is 10.3. The van der Waals surface area contributed by atoms with E-state index in [2.05, 4.69) is 34.3 Å². The Morgan fingerprint density at radius 2 is 1.91 bits per heavy atom. The molecule has 1 heterocycles. The smallest absolute Gasteiger partial charge is 0.224 e. The van der Waals surface area contributed by atoms with Gasteiger partial charge in [0.2, 0.25) is 5.91 Å². The van der Waals surface area contributed by atoms with Gasteiger partial charge in [-0.2, -0.15) is 0 Å². The van der Waals surface area contributed by atoms with Crippen LogP contribution in [0.5, 0.6) is 0 Å². The molecule has 0 aliphatic carbocycles. The van der Waals surface area contributed by atoms with Crippen molar-refractivity contribution in [1.29, 1.82) is 0 Å². The number of piperazine rings is 1. The third kappa shape index (κ3) is 5.47. The molecule has 0 spiro atoms. The second-order valence-electron chi connectivity index (χ2n) is 5.65. The van der Waals surface area contributed by atoms with Crippen molar-refractivity contribution in [2.75, 3.05) is 44.2 Å². The van der Waals surface area contributed by atoms with Crippen LogP contribution in [0.2, 0.25) is 0 Å². The van der Waals surface area contributed by atoms with Gasteiger partial charge in [0.15, 0.2) is 5.96 Å². The summed E-state index contributed by atoms with van der Waals surface area (Å²) in [6.07, 6.45) is 1.42. The first-order valence-electron chi connectivity index (χ1n) is 8.32. The van der Waals surface area contributed by atoms with E-state index < -0.39 is 0 Å². The van der Waals surface area contributed by atoms with Gasteiger partial charge >= 0.3 is 0 Å². The molecule has 3 N–H and O–H groups in total. The number of nitrogens with zero attached hydrogens (tertiary/aromatic N) is 3. The Balaban J connectivity index is 1.69. The van der Waals surface area contributed by atoms with E-state index in [4.69, 9.17) is 5.73 Å². The predicted molar refractivity (Wildman–Crippen MR) is 94.6 cm³/mol. The molecule has 0 unspecified atom stereocenters. The van der Waals surface area contributed by atoms with Crippen LogP contribution in [-0.4, -0.2) is 56.0 Å². The third-order valence-electron chi connectivity index (χ3n) is 3.90. The Morgan fingerprint density at radius 1 is 1.22 bits per heavy atom. The molecule has 1 aromatic carbocycles. The molecule has 23 heavy (non-hydrogen) atoms. The number of hydrogen-bond donors (Lipinski definition) is 2. The number of anilines is 1. The van der Waals surface area contributed by atoms with Gasteiger partial charge < -0.3 is 20.9 Å². The van der Waals surface area contributed by atoms with Crippen molar-refractivity contribution >= 4 is 17.6 Å². The first-order chi connectivity index (χ1) is 11.2. The monoisotopic (exact) mass is 317 g/mol. The maximum atomic E-state index is 12.2. The lowest BCUT2D eigenvalue weighted by atomic mass is 10.2. The standard InChI is InChI=1S/C17H27N5O/c1-2-9-19-17(18)20-10-8-16(23)22-13-11-21(12-14-22)15-6-4-3-5-7-15/h3-7H,2,8-14H2,1H3,(H3,18,19,20). The second-order valence-corrected chi connectivity index (χ2v) is 5.65. The first kappa shape index (κ1) is 17.1. The summed E-state index contributed by atoms with van der Waals surface area (Å²) in [5.41, 5.74) is 6.94. The van der Waals surface area contributed by atoms with Crippen LogP contribution in [0.15, 0.2) is 35.3 Å². The SMILES string of the molecule is CCCN=C(N)NCCC(=O)N1CCN(c2ccccc2)CC1. The molecule has 2 rings (SSSR count). The van der Waals surface area contributed by atoms with Crippen LogP contribution in [0.25, 0.3) is 0 Å². The molecule has 1 aromatic rings. The van der Waals surface area contributed by atoms with E-state index >= 15 is 0 Å². The molecule has 1 aliphatic heterocycles. The number of carbonyl (C=O) groups is 1. The van der Waals surface area contributed by atoms with Crippen molar-refractivity contribution in [3.8, 4) is 0 Å². The number of nitrogens with two attached hydrogens (primary N) is 1. The number of nitrogens with one attached hydrogen (secondary N) is 1. The maximum Gasteiger partial charge on any atom is 0.224 e. The molecule has 1 amide bonds. The molecule has 6 heteroatoms. The fourth-order valence-corrected chi connectivity index (χ4v) is 2.60. The number of rotatable bonds is 6. The Labute approximate surface area is 138 Å². The zero-order valence-electron chi connectivity index (χ0n) is 13.9. The van der Waals surface area contributed by atoms with Crippen LogP contribution < -0.4 is 16.0 Å². The highest BCUT2D eigenvalue weighted by atomic mass is 16.2. The molecule has 1 fully saturated rings. The van der Waals surface area contributed by atoms with Gasteiger partial charge in [0.05, 0.1) is 0 Å². The number of benzene rings is 1. The summed E-state index contributed by atoms with van der Waals surface area (Å²) in [6.45, 7) is 6.60. The third-order valence-corrected chi connectivity index (χ3v) is 3.90. The van der Waals surface area contributed by atoms with Crippen LogP contribution in [0, 0.1) is 0 Å². The summed E-state index contributed by atoms with van der Waals surface area (Å²) in [5, 5.41) is 2.99. The van der Waals surface area contributed by atoms with E-state index in [1.807, 2.05) is 23.1 Å². The topological polar surface area (TPSA) is 74.0 Å². The number of aliphatic imine (C=N–C) groups is 1. The van der Waals surface area contributed by atoms with Crippen molar-refractivity contribution in [3.05, 3.63) is 30.3 Å². The van der Waals surface area contributed by atoms with Gasteiger partial charge in [-0.25, -0.2) is 0 Å². The van der Waals surface area contributed by atoms with Crippen molar-refractivity contribution in [2.24, 2.45) is 10.7 Å². The quantitative estimate of drug-likeness (QED) is 0.607. The largest absolute Gasteiger partial charge is 0.370 e. The summed E-state index contributed by atoms with van der Waals surface area (Å²) in [7, 11) is 0. The Kier molecular flexibility index (Phi) is 6.72. The average molecular weight is 317 g/mol. The number of hydrogen-bond acceptors (Lipinski definition) is 3. The summed E-state index contributed by atoms with van der Waals surface area (Å²) >= 11 is 0. The molecule has 0 radical (unpaired) electrons. The van der Waals surface area contributed by atoms with Gasteiger partial charge in [0.1, 0.15) is 0 Å². The van der Waals surface area contributed by atoms with Gasteiger partial charge in [-0.05, 0) is 18.6 Å². The summed E-state index contributed by atoms with van der Waals surface area (Å²) in [5.74, 6) is 0.599. The van der Waals surface area contributed by atoms with Crippen LogP contribution >= 0.6 is 0 Å². The van der Waals surface area contributed by atoms with Gasteiger partial charge in [-0.3, -0.25) is 9.79 Å². The molecule has 126 valence electrons. The highest BCUT2D eigenvalue weighted by molar-refractivity contribution is 5.80. The van der Waals surface area contributed by atoms with Crippen LogP contribution in [0.1, 0.15) is 19.8 Å². The Bertz CT molecular complexity index is 509. The summed E-state index contributed by atoms with van der Waals surface area (Å²) in [4.78, 5) is 20.6. The van der Waals surface area contributed by atoms with Gasteiger partial charge in [0.25, 0.3) is 0 Å². The second kappa shape index (κ2) is 9.02. The Morgan fingerprint density at radius 3 is 2.57 bits per heavy atom. The zero-order chi connectivity index (χ0) is 16.5. The van der Waals surface area contributed by atoms with Crippen LogP contribution in [0.3, 0.4) is 0 Å². The molecule has 0 atom stereocenters. The Hall–Kier alpha value is -2.24. The van der Waals surface area contributed by atoms with E-state index in [1.54, 1.807) is 0 Å². The molecule has 0 aromatic heterocycles. The molecule has 6 nitrogen and oxygen atoms in total. The maximum absolute atomic E-state index is 12.2. The van der Waals surface area contributed by atoms with Gasteiger partial charge in [-0.1, -0.05) is 25.1 Å². The van der Waals surface area contributed by atoms with E-state index in [1.165, 1.54) is 5.69 Å². The highest BCUT2D eigenvalue weighted by Crippen LogP contribution is 2.15. The normalized spacial score (nSPS) is 15.6. The fourth-order valence-electron chi connectivity index (χ4n) is 2.60. The molecule has 0 bridgehead atoms. The lowest BCUT2D eigenvalue weighted by molar-refractivity contribution is -0.131. The van der Waals surface area contributed by atoms with Crippen molar-refractivity contribution in [2.45, 2.75) is 19.8 Å². The van der Waals surface area contributed by atoms with Crippen molar-refractivity contribution < 1.29 is 4.79 Å². The minimum absolute atomic E-state index is 0.175. The predicted octanol–water partition coefficient (Wildman–Crippen LogP) is 1.04. The lowest BCUT2D eigenvalue weighted by Gasteiger charge is -2.36. The fraction of sp³-hybridized carbons (Fsp3) is 0.529. The van der Waals surface area contributed by atoms with Gasteiger partial charge in [-0.15, -0.1) is 0 Å². The van der Waals surface area contributed by atoms with E-state index in [0.717, 1.165) is 32.6 Å². The zero-order valence-corrected chi connectivity index (χ0v) is 13.9. The summed E-state index contributed by atoms with van der Waals surface area (Å²) < 4.78 is 0. The van der Waals surface area contributed by atoms with E-state index in [0.29, 0.717) is 25.5 Å². The molecule has 1 aliphatic rings. The molecular weight excluding hydrogens is 290 g/mol. The minimum atomic E-state index is 0.175. The number of guanidine groups is 1. The minimum Gasteiger partial charge on any atom is -0.370 e. The van der Waals surface area contributed by atoms with E-state index in [-0.39, 0.29) is 5.91 Å². The van der Waals surface area contributed by atoms with E-state index in [9.17, 15) is 4.79 Å². The molecular formula is C17H27N5O. The highest BCUT2D eigenvalue weighted by Gasteiger charge is 2.20. The average Bonchev–Trinajstić information content (AvgIpc) is 2.60. The van der Waals surface area contributed by atoms with Gasteiger partial charge in [0, 0.05) is 51.4 Å². The van der Waals surface area contributed by atoms with Crippen LogP contribution in [0.4, 0.5) is 5.69 Å².